The molecule has 1 saturated heterocycles. The van der Waals surface area contributed by atoms with Crippen molar-refractivity contribution in [3.8, 4) is 5.88 Å². The van der Waals surface area contributed by atoms with Crippen LogP contribution >= 0.6 is 11.8 Å². The van der Waals surface area contributed by atoms with Crippen LogP contribution in [0.5, 0.6) is 5.88 Å². The predicted molar refractivity (Wildman–Crippen MR) is 123 cm³/mol. The first-order chi connectivity index (χ1) is 15.0. The normalized spacial score (nSPS) is 14.9. The van der Waals surface area contributed by atoms with Crippen molar-refractivity contribution >= 4 is 34.9 Å². The first kappa shape index (κ1) is 22.8. The number of rotatable bonds is 10. The monoisotopic (exact) mass is 441 g/mol. The minimum atomic E-state index is -0.420. The lowest BCUT2D eigenvalue weighted by Gasteiger charge is -2.23. The molecule has 2 amide bonds. The lowest BCUT2D eigenvalue weighted by atomic mass is 10.2. The molecule has 0 aliphatic carbocycles. The van der Waals surface area contributed by atoms with Gasteiger partial charge in [-0.1, -0.05) is 44.2 Å². The fraction of sp³-hybridized carbons (Fsp3) is 0.364. The number of hydrogen-bond donors (Lipinski definition) is 1. The highest BCUT2D eigenvalue weighted by Gasteiger charge is 2.25. The number of ether oxygens (including phenoxy) is 1. The molecular weight excluding hydrogens is 414 g/mol. The van der Waals surface area contributed by atoms with Gasteiger partial charge in [0.1, 0.15) is 6.61 Å². The summed E-state index contributed by atoms with van der Waals surface area (Å²) in [4.78, 5) is 37.1. The van der Waals surface area contributed by atoms with Gasteiger partial charge in [-0.2, -0.15) is 4.98 Å². The van der Waals surface area contributed by atoms with Gasteiger partial charge in [0, 0.05) is 26.2 Å². The van der Waals surface area contributed by atoms with Crippen LogP contribution in [0.4, 0.5) is 10.7 Å². The Balaban J connectivity index is 1.83. The summed E-state index contributed by atoms with van der Waals surface area (Å²) in [5.41, 5.74) is 1.53. The van der Waals surface area contributed by atoms with Crippen molar-refractivity contribution in [3.05, 3.63) is 52.6 Å². The van der Waals surface area contributed by atoms with E-state index < -0.39 is 5.91 Å². The summed E-state index contributed by atoms with van der Waals surface area (Å²) in [5, 5.41) is 1.87. The molecule has 2 aromatic rings. The number of benzene rings is 1. The zero-order valence-electron chi connectivity index (χ0n) is 18.0. The van der Waals surface area contributed by atoms with Gasteiger partial charge in [-0.25, -0.2) is 4.98 Å². The Morgan fingerprint density at radius 2 is 1.84 bits per heavy atom. The zero-order valence-corrected chi connectivity index (χ0v) is 18.8. The van der Waals surface area contributed by atoms with Gasteiger partial charge in [0.15, 0.2) is 0 Å². The van der Waals surface area contributed by atoms with E-state index in [1.165, 1.54) is 0 Å². The van der Waals surface area contributed by atoms with E-state index in [1.54, 1.807) is 12.1 Å². The third-order valence-corrected chi connectivity index (χ3v) is 5.66. The average Bonchev–Trinajstić information content (AvgIpc) is 3.09. The Morgan fingerprint density at radius 1 is 1.10 bits per heavy atom. The van der Waals surface area contributed by atoms with E-state index in [9.17, 15) is 9.59 Å². The predicted octanol–water partition coefficient (Wildman–Crippen LogP) is 3.16. The summed E-state index contributed by atoms with van der Waals surface area (Å²) in [6, 6.07) is 11.5. The van der Waals surface area contributed by atoms with E-state index in [0.717, 1.165) is 43.5 Å². The van der Waals surface area contributed by atoms with Crippen LogP contribution in [0.15, 0.2) is 41.3 Å². The smallest absolute Gasteiger partial charge is 0.290 e. The fourth-order valence-corrected chi connectivity index (χ4v) is 3.63. The van der Waals surface area contributed by atoms with Gasteiger partial charge >= 0.3 is 0 Å². The van der Waals surface area contributed by atoms with Crippen molar-refractivity contribution in [1.29, 1.82) is 0 Å². The molecule has 0 radical (unpaired) electrons. The molecule has 1 aliphatic heterocycles. The van der Waals surface area contributed by atoms with Gasteiger partial charge in [-0.15, -0.1) is 0 Å². The Labute approximate surface area is 186 Å². The maximum Gasteiger partial charge on any atom is 0.290 e. The Morgan fingerprint density at radius 3 is 2.48 bits per heavy atom. The maximum absolute atomic E-state index is 11.9. The second-order valence-corrected chi connectivity index (χ2v) is 8.02. The number of amides is 2. The van der Waals surface area contributed by atoms with Crippen molar-refractivity contribution in [2.24, 2.45) is 0 Å². The van der Waals surface area contributed by atoms with Gasteiger partial charge in [0.25, 0.3) is 11.1 Å². The van der Waals surface area contributed by atoms with Crippen LogP contribution in [-0.2, 0) is 11.4 Å². The van der Waals surface area contributed by atoms with Gasteiger partial charge in [-0.3, -0.25) is 14.9 Å². The van der Waals surface area contributed by atoms with Gasteiger partial charge in [-0.05, 0) is 36.5 Å². The van der Waals surface area contributed by atoms with Crippen LogP contribution in [0, 0.1) is 0 Å². The number of imide groups is 1. The molecule has 0 unspecified atom stereocenters. The van der Waals surface area contributed by atoms with Crippen LogP contribution in [0.25, 0.3) is 6.08 Å². The molecule has 164 valence electrons. The molecule has 8 nitrogen and oxygen atoms in total. The van der Waals surface area contributed by atoms with Crippen LogP contribution < -0.4 is 15.0 Å². The molecule has 1 fully saturated rings. The maximum atomic E-state index is 11.9. The average molecular weight is 442 g/mol. The van der Waals surface area contributed by atoms with Crippen molar-refractivity contribution in [2.45, 2.75) is 20.5 Å². The third kappa shape index (κ3) is 6.53. The Kier molecular flexibility index (Phi) is 8.02. The molecular formula is C22H27N5O3S. The van der Waals surface area contributed by atoms with E-state index in [0.29, 0.717) is 29.0 Å². The largest absolute Gasteiger partial charge is 0.473 e. The first-order valence-electron chi connectivity index (χ1n) is 10.2. The summed E-state index contributed by atoms with van der Waals surface area (Å²) < 4.78 is 5.91. The Bertz CT molecular complexity index is 947. The number of anilines is 1. The molecule has 1 N–H and O–H groups in total. The van der Waals surface area contributed by atoms with Crippen molar-refractivity contribution < 1.29 is 14.3 Å². The number of carbonyl (C=O) groups excluding carboxylic acids is 2. The summed E-state index contributed by atoms with van der Waals surface area (Å²) in [6.07, 6.45) is 1.59. The topological polar surface area (TPSA) is 87.7 Å². The van der Waals surface area contributed by atoms with Crippen LogP contribution in [0.1, 0.15) is 25.1 Å². The van der Waals surface area contributed by atoms with Crippen LogP contribution in [0.2, 0.25) is 0 Å². The molecule has 2 heterocycles. The molecule has 0 spiro atoms. The number of likely N-dealkylation sites (N-methyl/N-ethyl adjacent to an activating group) is 2. The molecule has 9 heteroatoms. The molecule has 0 atom stereocenters. The molecule has 3 rings (SSSR count). The number of nitrogens with zero attached hydrogens (tertiary/aromatic N) is 4. The highest BCUT2D eigenvalue weighted by Crippen LogP contribution is 2.26. The molecule has 31 heavy (non-hydrogen) atoms. The summed E-state index contributed by atoms with van der Waals surface area (Å²) in [6.45, 7) is 8.21. The minimum Gasteiger partial charge on any atom is -0.473 e. The Hall–Kier alpha value is -2.91. The molecule has 1 aliphatic rings. The number of hydrogen-bond acceptors (Lipinski definition) is 8. The highest BCUT2D eigenvalue weighted by atomic mass is 32.2. The van der Waals surface area contributed by atoms with Crippen molar-refractivity contribution in [2.75, 3.05) is 38.1 Å². The van der Waals surface area contributed by atoms with Crippen LogP contribution in [-0.4, -0.2) is 59.2 Å². The lowest BCUT2D eigenvalue weighted by molar-refractivity contribution is -0.115. The third-order valence-electron chi connectivity index (χ3n) is 4.85. The molecule has 1 aromatic carbocycles. The molecule has 0 bridgehead atoms. The number of thioether (sulfide) groups is 1. The number of carbonyl (C=O) groups is 2. The second-order valence-electron chi connectivity index (χ2n) is 7.01. The molecule has 1 aromatic heterocycles. The van der Waals surface area contributed by atoms with E-state index in [1.807, 2.05) is 42.3 Å². The summed E-state index contributed by atoms with van der Waals surface area (Å²) >= 11 is 0.859. The van der Waals surface area contributed by atoms with E-state index in [-0.39, 0.29) is 5.24 Å². The van der Waals surface area contributed by atoms with E-state index in [4.69, 9.17) is 4.74 Å². The van der Waals surface area contributed by atoms with Crippen molar-refractivity contribution in [3.63, 3.8) is 0 Å². The first-order valence-corrected chi connectivity index (χ1v) is 11.0. The quantitative estimate of drug-likeness (QED) is 0.563. The van der Waals surface area contributed by atoms with E-state index >= 15 is 0 Å². The van der Waals surface area contributed by atoms with Gasteiger partial charge in [0.2, 0.25) is 11.8 Å². The lowest BCUT2D eigenvalue weighted by Crippen LogP contribution is -2.33. The number of aromatic nitrogens is 2. The van der Waals surface area contributed by atoms with Crippen molar-refractivity contribution in [1.82, 2.24) is 20.2 Å². The second kappa shape index (κ2) is 10.9. The summed E-state index contributed by atoms with van der Waals surface area (Å²) in [5.74, 6) is 0.487. The minimum absolute atomic E-state index is 0.300. The standard InChI is InChI=1S/C22H27N5O3S/c1-4-27(5-2)12-11-26(3)21-23-17(13-18-20(28)25-22(29)31-18)14-19(24-21)30-15-16-9-7-6-8-10-16/h6-10,13-14H,4-5,11-12,15H2,1-3H3,(H,25,28,29)/b18-13-. The summed E-state index contributed by atoms with van der Waals surface area (Å²) in [7, 11) is 1.93. The SMILES string of the molecule is CCN(CC)CCN(C)c1nc(/C=C2\SC(=O)NC2=O)cc(OCc2ccccc2)n1. The number of nitrogens with one attached hydrogen (secondary N) is 1. The van der Waals surface area contributed by atoms with Crippen LogP contribution in [0.3, 0.4) is 0 Å². The highest BCUT2D eigenvalue weighted by molar-refractivity contribution is 8.18. The fourth-order valence-electron chi connectivity index (χ4n) is 2.97. The molecule has 0 saturated carbocycles. The van der Waals surface area contributed by atoms with Gasteiger partial charge < -0.3 is 14.5 Å². The van der Waals surface area contributed by atoms with E-state index in [2.05, 4.69) is 34.0 Å². The zero-order chi connectivity index (χ0) is 22.2. The van der Waals surface area contributed by atoms with Gasteiger partial charge in [0.05, 0.1) is 10.6 Å².